The number of ether oxygens (including phenoxy) is 1. The molecule has 0 saturated heterocycles. The van der Waals surface area contributed by atoms with Crippen molar-refractivity contribution in [3.63, 3.8) is 0 Å². The van der Waals surface area contributed by atoms with Crippen LogP contribution in [0.1, 0.15) is 30.9 Å². The number of nitrogens with two attached hydrogens (primary N) is 1. The van der Waals surface area contributed by atoms with E-state index in [-0.39, 0.29) is 11.7 Å². The van der Waals surface area contributed by atoms with E-state index >= 15 is 0 Å². The molecule has 0 aliphatic heterocycles. The van der Waals surface area contributed by atoms with Crippen molar-refractivity contribution in [2.24, 2.45) is 10.9 Å². The Morgan fingerprint density at radius 2 is 2.30 bits per heavy atom. The van der Waals surface area contributed by atoms with Gasteiger partial charge in [0.05, 0.1) is 0 Å². The molecule has 0 unspecified atom stereocenters. The van der Waals surface area contributed by atoms with E-state index in [1.54, 1.807) is 18.2 Å². The lowest BCUT2D eigenvalue weighted by molar-refractivity contribution is -0.121. The molecule has 0 atom stereocenters. The molecular formula is C14H21N3O3. The molecule has 0 fully saturated rings. The van der Waals surface area contributed by atoms with Crippen LogP contribution in [0.3, 0.4) is 0 Å². The fourth-order valence-electron chi connectivity index (χ4n) is 1.67. The Labute approximate surface area is 118 Å². The number of carbonyl (C=O) groups excluding carboxylic acids is 1. The molecule has 20 heavy (non-hydrogen) atoms. The van der Waals surface area contributed by atoms with Crippen molar-refractivity contribution in [3.05, 3.63) is 35.4 Å². The summed E-state index contributed by atoms with van der Waals surface area (Å²) < 4.78 is 5.17. The molecule has 1 aromatic rings. The van der Waals surface area contributed by atoms with Crippen molar-refractivity contribution >= 4 is 11.7 Å². The summed E-state index contributed by atoms with van der Waals surface area (Å²) in [7, 11) is 0. The highest BCUT2D eigenvalue weighted by Gasteiger charge is 2.03. The van der Waals surface area contributed by atoms with Crippen LogP contribution in [0.15, 0.2) is 29.4 Å². The van der Waals surface area contributed by atoms with Gasteiger partial charge in [-0.15, -0.1) is 0 Å². The predicted octanol–water partition coefficient (Wildman–Crippen LogP) is 1.21. The average molecular weight is 279 g/mol. The first-order valence-corrected chi connectivity index (χ1v) is 6.58. The predicted molar refractivity (Wildman–Crippen MR) is 76.5 cm³/mol. The van der Waals surface area contributed by atoms with Crippen molar-refractivity contribution in [1.29, 1.82) is 0 Å². The minimum atomic E-state index is -0.0149. The molecule has 110 valence electrons. The minimum absolute atomic E-state index is 0.0149. The first kappa shape index (κ1) is 16.0. The standard InChI is InChI=1S/C14H21N3O3/c1-2-20-8-4-7-13(18)16-10-11-5-3-6-12(9-11)14(15)17-19/h3,5-6,9,19H,2,4,7-8,10H2,1H3,(H2,15,17)(H,16,18). The third kappa shape index (κ3) is 5.71. The van der Waals surface area contributed by atoms with Gasteiger partial charge in [-0.05, 0) is 25.0 Å². The first-order valence-electron chi connectivity index (χ1n) is 6.58. The van der Waals surface area contributed by atoms with E-state index in [1.807, 2.05) is 13.0 Å². The van der Waals surface area contributed by atoms with Crippen molar-refractivity contribution in [1.82, 2.24) is 5.32 Å². The highest BCUT2D eigenvalue weighted by atomic mass is 16.5. The summed E-state index contributed by atoms with van der Waals surface area (Å²) in [5.74, 6) is 0.0359. The number of nitrogens with one attached hydrogen (secondary N) is 1. The second kappa shape index (κ2) is 8.92. The van der Waals surface area contributed by atoms with E-state index in [2.05, 4.69) is 10.5 Å². The van der Waals surface area contributed by atoms with Crippen LogP contribution in [0.25, 0.3) is 0 Å². The molecule has 0 heterocycles. The summed E-state index contributed by atoms with van der Waals surface area (Å²) >= 11 is 0. The van der Waals surface area contributed by atoms with Crippen LogP contribution in [0.4, 0.5) is 0 Å². The number of amides is 1. The van der Waals surface area contributed by atoms with Crippen LogP contribution in [-0.4, -0.2) is 30.2 Å². The maximum Gasteiger partial charge on any atom is 0.220 e. The third-order valence-electron chi connectivity index (χ3n) is 2.72. The van der Waals surface area contributed by atoms with Crippen LogP contribution in [0.2, 0.25) is 0 Å². The van der Waals surface area contributed by atoms with Crippen molar-refractivity contribution in [3.8, 4) is 0 Å². The fraction of sp³-hybridized carbons (Fsp3) is 0.429. The molecule has 1 aromatic carbocycles. The largest absolute Gasteiger partial charge is 0.409 e. The van der Waals surface area contributed by atoms with E-state index in [1.165, 1.54) is 0 Å². The monoisotopic (exact) mass is 279 g/mol. The number of nitrogens with zero attached hydrogens (tertiary/aromatic N) is 1. The molecule has 1 amide bonds. The second-order valence-electron chi connectivity index (χ2n) is 4.26. The van der Waals surface area contributed by atoms with E-state index in [4.69, 9.17) is 15.7 Å². The zero-order chi connectivity index (χ0) is 14.8. The fourth-order valence-corrected chi connectivity index (χ4v) is 1.67. The lowest BCUT2D eigenvalue weighted by Gasteiger charge is -2.07. The number of oxime groups is 1. The lowest BCUT2D eigenvalue weighted by Crippen LogP contribution is -2.23. The molecule has 0 spiro atoms. The smallest absolute Gasteiger partial charge is 0.220 e. The molecule has 0 aromatic heterocycles. The lowest BCUT2D eigenvalue weighted by atomic mass is 10.1. The first-order chi connectivity index (χ1) is 9.67. The molecule has 6 heteroatoms. The Hall–Kier alpha value is -2.08. The third-order valence-corrected chi connectivity index (χ3v) is 2.72. The summed E-state index contributed by atoms with van der Waals surface area (Å²) in [6.45, 7) is 3.61. The van der Waals surface area contributed by atoms with Gasteiger partial charge in [0.25, 0.3) is 0 Å². The molecular weight excluding hydrogens is 258 g/mol. The number of amidine groups is 1. The van der Waals surface area contributed by atoms with Gasteiger partial charge in [-0.1, -0.05) is 23.4 Å². The van der Waals surface area contributed by atoms with Crippen LogP contribution in [0, 0.1) is 0 Å². The summed E-state index contributed by atoms with van der Waals surface area (Å²) in [6.07, 6.45) is 1.16. The molecule has 4 N–H and O–H groups in total. The molecule has 6 nitrogen and oxygen atoms in total. The Morgan fingerprint density at radius 3 is 3.00 bits per heavy atom. The summed E-state index contributed by atoms with van der Waals surface area (Å²) in [4.78, 5) is 11.6. The average Bonchev–Trinajstić information content (AvgIpc) is 2.49. The molecule has 0 aliphatic carbocycles. The Kier molecular flexibility index (Phi) is 7.13. The van der Waals surface area contributed by atoms with Gasteiger partial charge in [0.15, 0.2) is 5.84 Å². The number of carbonyl (C=O) groups is 1. The Bertz CT molecular complexity index is 461. The van der Waals surface area contributed by atoms with E-state index in [9.17, 15) is 4.79 Å². The SMILES string of the molecule is CCOCCCC(=O)NCc1cccc(/C(N)=N/O)c1. The molecule has 1 rings (SSSR count). The van der Waals surface area contributed by atoms with Gasteiger partial charge in [-0.25, -0.2) is 0 Å². The number of rotatable bonds is 8. The van der Waals surface area contributed by atoms with Gasteiger partial charge in [-0.2, -0.15) is 0 Å². The molecule has 0 saturated carbocycles. The van der Waals surface area contributed by atoms with Crippen LogP contribution in [-0.2, 0) is 16.1 Å². The quantitative estimate of drug-likeness (QED) is 0.219. The van der Waals surface area contributed by atoms with Crippen molar-refractivity contribution in [2.45, 2.75) is 26.3 Å². The van der Waals surface area contributed by atoms with Gasteiger partial charge in [-0.3, -0.25) is 4.79 Å². The summed E-state index contributed by atoms with van der Waals surface area (Å²) in [5, 5.41) is 14.4. The second-order valence-corrected chi connectivity index (χ2v) is 4.26. The van der Waals surface area contributed by atoms with Crippen LogP contribution >= 0.6 is 0 Å². The molecule has 0 aliphatic rings. The highest BCUT2D eigenvalue weighted by Crippen LogP contribution is 2.05. The van der Waals surface area contributed by atoms with Gasteiger partial charge in [0, 0.05) is 31.7 Å². The normalized spacial score (nSPS) is 11.3. The molecule has 0 bridgehead atoms. The van der Waals surface area contributed by atoms with Crippen LogP contribution < -0.4 is 11.1 Å². The number of hydrogen-bond acceptors (Lipinski definition) is 4. The van der Waals surface area contributed by atoms with Crippen molar-refractivity contribution < 1.29 is 14.7 Å². The van der Waals surface area contributed by atoms with Gasteiger partial charge >= 0.3 is 0 Å². The van der Waals surface area contributed by atoms with Gasteiger partial charge < -0.3 is 21.0 Å². The number of benzene rings is 1. The van der Waals surface area contributed by atoms with Crippen LogP contribution in [0.5, 0.6) is 0 Å². The van der Waals surface area contributed by atoms with E-state index in [0.717, 1.165) is 5.56 Å². The zero-order valence-electron chi connectivity index (χ0n) is 11.6. The summed E-state index contributed by atoms with van der Waals surface area (Å²) in [5.41, 5.74) is 7.03. The highest BCUT2D eigenvalue weighted by molar-refractivity contribution is 5.97. The Morgan fingerprint density at radius 1 is 1.50 bits per heavy atom. The maximum absolute atomic E-state index is 11.6. The Balaban J connectivity index is 2.39. The van der Waals surface area contributed by atoms with Crippen molar-refractivity contribution in [2.75, 3.05) is 13.2 Å². The topological polar surface area (TPSA) is 96.9 Å². The van der Waals surface area contributed by atoms with Gasteiger partial charge in [0.2, 0.25) is 5.91 Å². The summed E-state index contributed by atoms with van der Waals surface area (Å²) in [6, 6.07) is 7.18. The maximum atomic E-state index is 11.6. The van der Waals surface area contributed by atoms with E-state index in [0.29, 0.717) is 38.2 Å². The van der Waals surface area contributed by atoms with E-state index < -0.39 is 0 Å². The number of hydrogen-bond donors (Lipinski definition) is 3. The van der Waals surface area contributed by atoms with Gasteiger partial charge in [0.1, 0.15) is 0 Å². The molecule has 0 radical (unpaired) electrons. The zero-order valence-corrected chi connectivity index (χ0v) is 11.6. The minimum Gasteiger partial charge on any atom is -0.409 e.